The molecule has 0 saturated heterocycles. The van der Waals surface area contributed by atoms with Crippen molar-refractivity contribution < 1.29 is 9.59 Å². The molecule has 0 heterocycles. The Balaban J connectivity index is 2.76. The van der Waals surface area contributed by atoms with Gasteiger partial charge in [-0.1, -0.05) is 18.3 Å². The zero-order valence-electron chi connectivity index (χ0n) is 10.2. The van der Waals surface area contributed by atoms with Gasteiger partial charge in [-0.05, 0) is 25.1 Å². The van der Waals surface area contributed by atoms with Crippen LogP contribution in [0.15, 0.2) is 24.3 Å². The Morgan fingerprint density at radius 1 is 1.28 bits per heavy atom. The number of nitrogens with one attached hydrogen (secondary N) is 2. The highest BCUT2D eigenvalue weighted by Gasteiger charge is 2.15. The second-order valence-corrected chi connectivity index (χ2v) is 4.35. The van der Waals surface area contributed by atoms with Crippen LogP contribution in [-0.2, 0) is 9.59 Å². The van der Waals surface area contributed by atoms with Gasteiger partial charge >= 0.3 is 0 Å². The molecule has 18 heavy (non-hydrogen) atoms. The van der Waals surface area contributed by atoms with E-state index in [0.717, 1.165) is 0 Å². The number of carbonyl (C=O) groups excluding carboxylic acids is 2. The molecule has 1 aromatic rings. The molecule has 4 N–H and O–H groups in total. The monoisotopic (exact) mass is 265 g/mol. The number of carbonyl (C=O) groups is 2. The summed E-state index contributed by atoms with van der Waals surface area (Å²) < 4.78 is 0. The lowest BCUT2D eigenvalue weighted by Gasteiger charge is -2.11. The number of thiocarbonyl (C=S) groups is 1. The van der Waals surface area contributed by atoms with Gasteiger partial charge in [0.1, 0.15) is 0 Å². The zero-order chi connectivity index (χ0) is 13.7. The van der Waals surface area contributed by atoms with Gasteiger partial charge in [0.25, 0.3) is 0 Å². The lowest BCUT2D eigenvalue weighted by atomic mass is 10.1. The van der Waals surface area contributed by atoms with Crippen molar-refractivity contribution in [3.05, 3.63) is 24.3 Å². The predicted molar refractivity (Wildman–Crippen MR) is 75.3 cm³/mol. The van der Waals surface area contributed by atoms with Gasteiger partial charge in [-0.3, -0.25) is 9.59 Å². The maximum absolute atomic E-state index is 11.7. The minimum atomic E-state index is -0.538. The molecular formula is C12H15N3O2S. The number of benzene rings is 1. The molecule has 6 heteroatoms. The molecule has 5 nitrogen and oxygen atoms in total. The van der Waals surface area contributed by atoms with E-state index in [1.165, 1.54) is 6.92 Å². The summed E-state index contributed by atoms with van der Waals surface area (Å²) in [5, 5.41) is 5.31. The molecule has 1 atom stereocenters. The maximum Gasteiger partial charge on any atom is 0.234 e. The summed E-state index contributed by atoms with van der Waals surface area (Å²) in [4.78, 5) is 22.8. The normalized spacial score (nSPS) is 11.4. The van der Waals surface area contributed by atoms with Crippen molar-refractivity contribution in [1.82, 2.24) is 0 Å². The van der Waals surface area contributed by atoms with Gasteiger partial charge in [0.15, 0.2) is 0 Å². The topological polar surface area (TPSA) is 84.2 Å². The molecule has 0 aliphatic carbocycles. The Morgan fingerprint density at radius 3 is 2.33 bits per heavy atom. The van der Waals surface area contributed by atoms with Crippen LogP contribution in [0.3, 0.4) is 0 Å². The van der Waals surface area contributed by atoms with E-state index in [0.29, 0.717) is 11.4 Å². The third kappa shape index (κ3) is 4.14. The van der Waals surface area contributed by atoms with Crippen LogP contribution in [0.4, 0.5) is 11.4 Å². The summed E-state index contributed by atoms with van der Waals surface area (Å²) in [5.74, 6) is -0.984. The number of rotatable bonds is 4. The van der Waals surface area contributed by atoms with Crippen LogP contribution in [0.5, 0.6) is 0 Å². The van der Waals surface area contributed by atoms with E-state index in [-0.39, 0.29) is 16.8 Å². The van der Waals surface area contributed by atoms with Gasteiger partial charge in [-0.25, -0.2) is 0 Å². The van der Waals surface area contributed by atoms with Crippen molar-refractivity contribution in [1.29, 1.82) is 0 Å². The second kappa shape index (κ2) is 6.11. The van der Waals surface area contributed by atoms with E-state index in [1.54, 1.807) is 31.2 Å². The van der Waals surface area contributed by atoms with Crippen LogP contribution in [-0.4, -0.2) is 16.8 Å². The molecule has 1 unspecified atom stereocenters. The smallest absolute Gasteiger partial charge is 0.234 e. The summed E-state index contributed by atoms with van der Waals surface area (Å²) in [6.45, 7) is 3.05. The highest BCUT2D eigenvalue weighted by Crippen LogP contribution is 2.15. The van der Waals surface area contributed by atoms with Crippen molar-refractivity contribution in [3.63, 3.8) is 0 Å². The molecule has 0 radical (unpaired) electrons. The summed E-state index contributed by atoms with van der Waals surface area (Å²) in [6.07, 6.45) is 0. The molecule has 0 aliphatic heterocycles. The first-order valence-corrected chi connectivity index (χ1v) is 5.79. The number of hydrogen-bond acceptors (Lipinski definition) is 3. The fourth-order valence-corrected chi connectivity index (χ4v) is 1.36. The molecular weight excluding hydrogens is 250 g/mol. The van der Waals surface area contributed by atoms with Crippen molar-refractivity contribution in [2.24, 2.45) is 11.7 Å². The summed E-state index contributed by atoms with van der Waals surface area (Å²) in [7, 11) is 0. The van der Waals surface area contributed by atoms with E-state index in [4.69, 9.17) is 18.0 Å². The van der Waals surface area contributed by atoms with Crippen LogP contribution in [0.1, 0.15) is 13.8 Å². The molecule has 0 fully saturated rings. The molecule has 1 rings (SSSR count). The average Bonchev–Trinajstić information content (AvgIpc) is 2.27. The lowest BCUT2D eigenvalue weighted by Crippen LogP contribution is -2.30. The average molecular weight is 265 g/mol. The molecule has 0 aliphatic rings. The van der Waals surface area contributed by atoms with E-state index < -0.39 is 5.92 Å². The van der Waals surface area contributed by atoms with Crippen molar-refractivity contribution in [2.45, 2.75) is 13.8 Å². The Kier molecular flexibility index (Phi) is 4.79. The third-order valence-corrected chi connectivity index (χ3v) is 2.62. The minimum Gasteiger partial charge on any atom is -0.393 e. The first-order chi connectivity index (χ1) is 8.40. The molecule has 0 spiro atoms. The number of anilines is 2. The fraction of sp³-hybridized carbons (Fsp3) is 0.250. The van der Waals surface area contributed by atoms with Gasteiger partial charge in [-0.2, -0.15) is 0 Å². The first kappa shape index (κ1) is 14.1. The molecule has 1 aromatic carbocycles. The van der Waals surface area contributed by atoms with Gasteiger partial charge in [0.05, 0.1) is 10.9 Å². The third-order valence-electron chi connectivity index (χ3n) is 2.27. The molecule has 96 valence electrons. The first-order valence-electron chi connectivity index (χ1n) is 5.38. The van der Waals surface area contributed by atoms with Gasteiger partial charge < -0.3 is 16.4 Å². The lowest BCUT2D eigenvalue weighted by molar-refractivity contribution is -0.117. The Labute approximate surface area is 111 Å². The van der Waals surface area contributed by atoms with E-state index in [2.05, 4.69) is 10.6 Å². The minimum absolute atomic E-state index is 0.144. The van der Waals surface area contributed by atoms with Crippen molar-refractivity contribution in [2.75, 3.05) is 10.6 Å². The van der Waals surface area contributed by atoms with E-state index in [1.807, 2.05) is 0 Å². The van der Waals surface area contributed by atoms with Crippen LogP contribution in [0, 0.1) is 5.92 Å². The maximum atomic E-state index is 11.7. The summed E-state index contributed by atoms with van der Waals surface area (Å²) in [5.41, 5.74) is 6.59. The quantitative estimate of drug-likeness (QED) is 0.720. The van der Waals surface area contributed by atoms with E-state index in [9.17, 15) is 9.59 Å². The number of nitrogens with two attached hydrogens (primary N) is 1. The predicted octanol–water partition coefficient (Wildman–Crippen LogP) is 1.51. The fourth-order valence-electron chi connectivity index (χ4n) is 1.26. The molecule has 0 aromatic heterocycles. The zero-order valence-corrected chi connectivity index (χ0v) is 11.0. The number of amides is 2. The standard InChI is InChI=1S/C12H15N3O2S/c1-7(11(13)18)12(17)15-10-5-3-4-9(6-10)14-8(2)16/h3-7H,1-2H3,(H2,13,18)(H,14,16)(H,15,17). The summed E-state index contributed by atoms with van der Waals surface area (Å²) >= 11 is 4.75. The van der Waals surface area contributed by atoms with Crippen LogP contribution in [0.25, 0.3) is 0 Å². The largest absolute Gasteiger partial charge is 0.393 e. The van der Waals surface area contributed by atoms with Crippen LogP contribution >= 0.6 is 12.2 Å². The highest BCUT2D eigenvalue weighted by atomic mass is 32.1. The number of hydrogen-bond donors (Lipinski definition) is 3. The van der Waals surface area contributed by atoms with Gasteiger partial charge in [0, 0.05) is 18.3 Å². The Bertz CT molecular complexity index is 488. The van der Waals surface area contributed by atoms with Crippen molar-refractivity contribution >= 4 is 40.4 Å². The van der Waals surface area contributed by atoms with Crippen LogP contribution in [0.2, 0.25) is 0 Å². The SMILES string of the molecule is CC(=O)Nc1cccc(NC(=O)C(C)C(N)=S)c1. The molecule has 2 amide bonds. The van der Waals surface area contributed by atoms with Crippen molar-refractivity contribution in [3.8, 4) is 0 Å². The Hall–Kier alpha value is -1.95. The van der Waals surface area contributed by atoms with Gasteiger partial charge in [0.2, 0.25) is 11.8 Å². The molecule has 0 saturated carbocycles. The Morgan fingerprint density at radius 2 is 1.83 bits per heavy atom. The van der Waals surface area contributed by atoms with Gasteiger partial charge in [-0.15, -0.1) is 0 Å². The van der Waals surface area contributed by atoms with Crippen LogP contribution < -0.4 is 16.4 Å². The second-order valence-electron chi connectivity index (χ2n) is 3.88. The molecule has 0 bridgehead atoms. The summed E-state index contributed by atoms with van der Waals surface area (Å²) in [6, 6.07) is 6.83. The van der Waals surface area contributed by atoms with E-state index >= 15 is 0 Å². The highest BCUT2D eigenvalue weighted by molar-refractivity contribution is 7.80.